The normalized spacial score (nSPS) is 21.0. The quantitative estimate of drug-likeness (QED) is 0.751. The molecule has 0 spiro atoms. The molecule has 1 aromatic carbocycles. The number of hydrogen-bond donors (Lipinski definition) is 0. The Morgan fingerprint density at radius 3 is 2.64 bits per heavy atom. The van der Waals surface area contributed by atoms with Crippen LogP contribution in [0, 0.1) is 5.92 Å². The average Bonchev–Trinajstić information content (AvgIpc) is 3.48. The van der Waals surface area contributed by atoms with Gasteiger partial charge in [-0.1, -0.05) is 13.8 Å². The van der Waals surface area contributed by atoms with Crippen molar-refractivity contribution in [2.75, 3.05) is 13.1 Å². The van der Waals surface area contributed by atoms with Crippen molar-refractivity contribution < 1.29 is 4.74 Å². The van der Waals surface area contributed by atoms with Crippen LogP contribution < -0.4 is 10.3 Å². The largest absolute Gasteiger partial charge is 0.490 e. The molecule has 1 aromatic heterocycles. The Morgan fingerprint density at radius 2 is 1.96 bits per heavy atom. The third kappa shape index (κ3) is 4.09. The number of aromatic nitrogens is 2. The lowest BCUT2D eigenvalue weighted by Gasteiger charge is -2.36. The summed E-state index contributed by atoms with van der Waals surface area (Å²) in [6.07, 6.45) is 4.93. The van der Waals surface area contributed by atoms with E-state index in [1.54, 1.807) is 0 Å². The Hall–Kier alpha value is -1.88. The number of piperidine rings is 1. The minimum atomic E-state index is 0.0802. The smallest absolute Gasteiger partial charge is 0.261 e. The third-order valence-corrected chi connectivity index (χ3v) is 6.02. The molecule has 28 heavy (non-hydrogen) atoms. The molecule has 1 aliphatic carbocycles. The van der Waals surface area contributed by atoms with E-state index in [9.17, 15) is 4.79 Å². The summed E-state index contributed by atoms with van der Waals surface area (Å²) in [7, 11) is 0. The maximum atomic E-state index is 13.5. The van der Waals surface area contributed by atoms with Crippen LogP contribution in [0.3, 0.4) is 0 Å². The SMILES string of the molecule is CC(C)c1nc2ccc(OC3CC3)cc2c(=O)n1C[C@H]1CCCN(C(C)C)C1. The number of nitrogens with zero attached hydrogens (tertiary/aromatic N) is 3. The second-order valence-electron chi connectivity index (χ2n) is 9.13. The van der Waals surface area contributed by atoms with Gasteiger partial charge in [-0.2, -0.15) is 0 Å². The molecule has 0 unspecified atom stereocenters. The highest BCUT2D eigenvalue weighted by Crippen LogP contribution is 2.28. The molecule has 0 bridgehead atoms. The van der Waals surface area contributed by atoms with Crippen LogP contribution >= 0.6 is 0 Å². The maximum absolute atomic E-state index is 13.5. The molecule has 1 saturated heterocycles. The Bertz CT molecular complexity index is 899. The van der Waals surface area contributed by atoms with Gasteiger partial charge in [-0.3, -0.25) is 9.36 Å². The molecule has 5 heteroatoms. The van der Waals surface area contributed by atoms with Gasteiger partial charge in [-0.15, -0.1) is 0 Å². The highest BCUT2D eigenvalue weighted by molar-refractivity contribution is 5.79. The lowest BCUT2D eigenvalue weighted by Crippen LogP contribution is -2.42. The van der Waals surface area contributed by atoms with Gasteiger partial charge in [-0.05, 0) is 70.2 Å². The van der Waals surface area contributed by atoms with Crippen LogP contribution in [-0.2, 0) is 6.54 Å². The molecule has 152 valence electrons. The van der Waals surface area contributed by atoms with Crippen molar-refractivity contribution in [3.05, 3.63) is 34.4 Å². The summed E-state index contributed by atoms with van der Waals surface area (Å²) < 4.78 is 7.86. The summed E-state index contributed by atoms with van der Waals surface area (Å²) in [5, 5.41) is 0.680. The van der Waals surface area contributed by atoms with Crippen molar-refractivity contribution in [1.29, 1.82) is 0 Å². The van der Waals surface area contributed by atoms with E-state index in [-0.39, 0.29) is 11.5 Å². The fourth-order valence-electron chi connectivity index (χ4n) is 4.26. The molecule has 0 radical (unpaired) electrons. The third-order valence-electron chi connectivity index (χ3n) is 6.02. The second-order valence-corrected chi connectivity index (χ2v) is 9.13. The standard InChI is InChI=1S/C23H33N3O2/c1-15(2)22-24-21-10-9-19(28-18-7-8-18)12-20(21)23(27)26(22)14-17-6-5-11-25(13-17)16(3)4/h9-10,12,15-18H,5-8,11,13-14H2,1-4H3/t17-/m0/s1. The Kier molecular flexibility index (Phi) is 5.46. The molecule has 1 aliphatic heterocycles. The van der Waals surface area contributed by atoms with E-state index in [4.69, 9.17) is 9.72 Å². The van der Waals surface area contributed by atoms with E-state index in [0.717, 1.165) is 49.6 Å². The first-order valence-corrected chi connectivity index (χ1v) is 10.9. The van der Waals surface area contributed by atoms with E-state index in [2.05, 4.69) is 32.6 Å². The average molecular weight is 384 g/mol. The summed E-state index contributed by atoms with van der Waals surface area (Å²) in [5.41, 5.74) is 0.858. The van der Waals surface area contributed by atoms with Crippen molar-refractivity contribution >= 4 is 10.9 Å². The predicted molar refractivity (Wildman–Crippen MR) is 113 cm³/mol. The van der Waals surface area contributed by atoms with E-state index >= 15 is 0 Å². The first kappa shape index (κ1) is 19.4. The highest BCUT2D eigenvalue weighted by atomic mass is 16.5. The number of rotatable bonds is 6. The monoisotopic (exact) mass is 383 g/mol. The van der Waals surface area contributed by atoms with Gasteiger partial charge in [0, 0.05) is 25.0 Å². The van der Waals surface area contributed by atoms with Crippen molar-refractivity contribution in [2.24, 2.45) is 5.92 Å². The van der Waals surface area contributed by atoms with Gasteiger partial charge in [0.05, 0.1) is 17.0 Å². The summed E-state index contributed by atoms with van der Waals surface area (Å²) >= 11 is 0. The van der Waals surface area contributed by atoms with Crippen LogP contribution in [0.1, 0.15) is 65.1 Å². The van der Waals surface area contributed by atoms with E-state index < -0.39 is 0 Å². The van der Waals surface area contributed by atoms with E-state index in [1.165, 1.54) is 12.8 Å². The van der Waals surface area contributed by atoms with E-state index in [0.29, 0.717) is 23.4 Å². The van der Waals surface area contributed by atoms with Crippen molar-refractivity contribution in [3.8, 4) is 5.75 Å². The number of ether oxygens (including phenoxy) is 1. The van der Waals surface area contributed by atoms with Crippen LogP contribution in [0.5, 0.6) is 5.75 Å². The molecule has 2 fully saturated rings. The summed E-state index contributed by atoms with van der Waals surface area (Å²) in [6, 6.07) is 6.33. The topological polar surface area (TPSA) is 47.4 Å². The van der Waals surface area contributed by atoms with Crippen molar-refractivity contribution in [3.63, 3.8) is 0 Å². The highest BCUT2D eigenvalue weighted by Gasteiger charge is 2.26. The Morgan fingerprint density at radius 1 is 1.18 bits per heavy atom. The van der Waals surface area contributed by atoms with Crippen LogP contribution in [0.25, 0.3) is 10.9 Å². The Labute approximate surface area is 167 Å². The van der Waals surface area contributed by atoms with E-state index in [1.807, 2.05) is 22.8 Å². The van der Waals surface area contributed by atoms with Crippen molar-refractivity contribution in [2.45, 2.75) is 78.0 Å². The minimum Gasteiger partial charge on any atom is -0.490 e. The first-order chi connectivity index (χ1) is 13.4. The molecular formula is C23H33N3O2. The predicted octanol–water partition coefficient (Wildman–Crippen LogP) is 4.18. The first-order valence-electron chi connectivity index (χ1n) is 10.9. The Balaban J connectivity index is 1.69. The molecule has 4 rings (SSSR count). The molecule has 1 saturated carbocycles. The zero-order valence-corrected chi connectivity index (χ0v) is 17.6. The zero-order valence-electron chi connectivity index (χ0n) is 17.6. The molecule has 2 heterocycles. The number of likely N-dealkylation sites (tertiary alicyclic amines) is 1. The van der Waals surface area contributed by atoms with Gasteiger partial charge in [0.2, 0.25) is 0 Å². The molecule has 2 aliphatic rings. The second kappa shape index (κ2) is 7.86. The van der Waals surface area contributed by atoms with Crippen LogP contribution in [0.2, 0.25) is 0 Å². The fourth-order valence-corrected chi connectivity index (χ4v) is 4.26. The van der Waals surface area contributed by atoms with Gasteiger partial charge in [0.1, 0.15) is 11.6 Å². The summed E-state index contributed by atoms with van der Waals surface area (Å²) in [6.45, 7) is 11.7. The lowest BCUT2D eigenvalue weighted by molar-refractivity contribution is 0.129. The number of hydrogen-bond acceptors (Lipinski definition) is 4. The molecule has 5 nitrogen and oxygen atoms in total. The van der Waals surface area contributed by atoms with Gasteiger partial charge in [0.25, 0.3) is 5.56 Å². The van der Waals surface area contributed by atoms with Crippen LogP contribution in [-0.4, -0.2) is 39.7 Å². The van der Waals surface area contributed by atoms with Crippen LogP contribution in [0.4, 0.5) is 0 Å². The fraction of sp³-hybridized carbons (Fsp3) is 0.652. The summed E-state index contributed by atoms with van der Waals surface area (Å²) in [4.78, 5) is 20.9. The molecule has 0 amide bonds. The molecule has 0 N–H and O–H groups in total. The minimum absolute atomic E-state index is 0.0802. The van der Waals surface area contributed by atoms with Gasteiger partial charge in [-0.25, -0.2) is 4.98 Å². The molecule has 1 atom stereocenters. The number of fused-ring (bicyclic) bond motifs is 1. The summed E-state index contributed by atoms with van der Waals surface area (Å²) in [5.74, 6) is 2.40. The molecule has 2 aromatic rings. The maximum Gasteiger partial charge on any atom is 0.261 e. The molecular weight excluding hydrogens is 350 g/mol. The van der Waals surface area contributed by atoms with Gasteiger partial charge in [0.15, 0.2) is 0 Å². The zero-order chi connectivity index (χ0) is 19.8. The van der Waals surface area contributed by atoms with Crippen LogP contribution in [0.15, 0.2) is 23.0 Å². The number of benzene rings is 1. The lowest BCUT2D eigenvalue weighted by atomic mass is 9.96. The van der Waals surface area contributed by atoms with Gasteiger partial charge < -0.3 is 9.64 Å². The van der Waals surface area contributed by atoms with Crippen molar-refractivity contribution in [1.82, 2.24) is 14.5 Å². The van der Waals surface area contributed by atoms with Gasteiger partial charge >= 0.3 is 0 Å².